The number of aromatic nitrogens is 2. The molecule has 2 atom stereocenters. The van der Waals surface area contributed by atoms with Crippen molar-refractivity contribution in [2.45, 2.75) is 65.5 Å². The van der Waals surface area contributed by atoms with E-state index in [0.29, 0.717) is 12.0 Å². The van der Waals surface area contributed by atoms with Crippen LogP contribution < -0.4 is 10.5 Å². The van der Waals surface area contributed by atoms with E-state index in [-0.39, 0.29) is 11.5 Å². The third-order valence-electron chi connectivity index (χ3n) is 4.85. The molecule has 1 aromatic heterocycles. The van der Waals surface area contributed by atoms with Crippen molar-refractivity contribution in [2.75, 3.05) is 7.11 Å². The van der Waals surface area contributed by atoms with Crippen molar-refractivity contribution in [3.8, 4) is 5.75 Å². The van der Waals surface area contributed by atoms with Gasteiger partial charge in [0.15, 0.2) is 5.75 Å². The summed E-state index contributed by atoms with van der Waals surface area (Å²) in [6, 6.07) is 0.289. The van der Waals surface area contributed by atoms with Crippen molar-refractivity contribution < 1.29 is 4.74 Å². The summed E-state index contributed by atoms with van der Waals surface area (Å²) in [5.74, 6) is 1.31. The first-order valence-corrected chi connectivity index (χ1v) is 7.75. The summed E-state index contributed by atoms with van der Waals surface area (Å²) in [4.78, 5) is 0. The van der Waals surface area contributed by atoms with Crippen LogP contribution in [0.15, 0.2) is 6.20 Å². The van der Waals surface area contributed by atoms with Gasteiger partial charge in [0.25, 0.3) is 0 Å². The molecule has 2 N–H and O–H groups in total. The Morgan fingerprint density at radius 2 is 2.10 bits per heavy atom. The summed E-state index contributed by atoms with van der Waals surface area (Å²) >= 11 is 0. The first kappa shape index (κ1) is 15.4. The van der Waals surface area contributed by atoms with Gasteiger partial charge in [-0.2, -0.15) is 5.10 Å². The van der Waals surface area contributed by atoms with E-state index in [1.807, 2.05) is 4.68 Å². The Kier molecular flexibility index (Phi) is 4.43. The maximum absolute atomic E-state index is 6.66. The van der Waals surface area contributed by atoms with Crippen molar-refractivity contribution in [2.24, 2.45) is 17.1 Å². The van der Waals surface area contributed by atoms with Crippen LogP contribution in [0.25, 0.3) is 0 Å². The lowest BCUT2D eigenvalue weighted by Crippen LogP contribution is -2.37. The second-order valence-electron chi connectivity index (χ2n) is 7.00. The minimum absolute atomic E-state index is 0.00912. The van der Waals surface area contributed by atoms with E-state index >= 15 is 0 Å². The fraction of sp³-hybridized carbons (Fsp3) is 0.812. The third kappa shape index (κ3) is 2.71. The molecule has 1 fully saturated rings. The fourth-order valence-corrected chi connectivity index (χ4v) is 3.62. The Labute approximate surface area is 122 Å². The lowest BCUT2D eigenvalue weighted by molar-refractivity contribution is 0.108. The Hall–Kier alpha value is -1.03. The molecule has 1 aromatic rings. The van der Waals surface area contributed by atoms with E-state index in [2.05, 4.69) is 32.8 Å². The summed E-state index contributed by atoms with van der Waals surface area (Å²) in [5.41, 5.74) is 8.01. The summed E-state index contributed by atoms with van der Waals surface area (Å²) in [6.45, 7) is 8.96. The Morgan fingerprint density at radius 1 is 1.40 bits per heavy atom. The van der Waals surface area contributed by atoms with Crippen molar-refractivity contribution in [3.05, 3.63) is 11.9 Å². The minimum atomic E-state index is -0.00912. The van der Waals surface area contributed by atoms with E-state index in [1.165, 1.54) is 25.7 Å². The molecule has 0 spiro atoms. The molecule has 4 heteroatoms. The second-order valence-corrected chi connectivity index (χ2v) is 7.00. The molecule has 0 saturated heterocycles. The fourth-order valence-electron chi connectivity index (χ4n) is 3.62. The molecule has 2 rings (SSSR count). The highest BCUT2D eigenvalue weighted by molar-refractivity contribution is 5.29. The van der Waals surface area contributed by atoms with Crippen LogP contribution in [-0.2, 0) is 0 Å². The molecule has 20 heavy (non-hydrogen) atoms. The van der Waals surface area contributed by atoms with E-state index < -0.39 is 0 Å². The molecule has 4 nitrogen and oxygen atoms in total. The summed E-state index contributed by atoms with van der Waals surface area (Å²) in [6.07, 6.45) is 6.84. The number of hydrogen-bond acceptors (Lipinski definition) is 3. The van der Waals surface area contributed by atoms with Crippen molar-refractivity contribution in [3.63, 3.8) is 0 Å². The number of methoxy groups -OCH3 is 1. The summed E-state index contributed by atoms with van der Waals surface area (Å²) < 4.78 is 7.51. The zero-order chi connectivity index (χ0) is 14.9. The highest BCUT2D eigenvalue weighted by Gasteiger charge is 2.39. The van der Waals surface area contributed by atoms with Gasteiger partial charge in [-0.05, 0) is 38.0 Å². The van der Waals surface area contributed by atoms with Gasteiger partial charge in [0.05, 0.1) is 25.0 Å². The molecule has 1 saturated carbocycles. The molecule has 1 aliphatic rings. The molecule has 2 unspecified atom stereocenters. The molecule has 1 aliphatic carbocycles. The van der Waals surface area contributed by atoms with Crippen molar-refractivity contribution in [1.82, 2.24) is 9.78 Å². The van der Waals surface area contributed by atoms with Crippen molar-refractivity contribution >= 4 is 0 Å². The highest BCUT2D eigenvalue weighted by atomic mass is 16.5. The number of rotatable bonds is 4. The van der Waals surface area contributed by atoms with Crippen molar-refractivity contribution in [1.29, 1.82) is 0 Å². The molecule has 0 amide bonds. The molecule has 0 bridgehead atoms. The quantitative estimate of drug-likeness (QED) is 0.914. The molecule has 0 aliphatic heterocycles. The van der Waals surface area contributed by atoms with Gasteiger partial charge < -0.3 is 10.5 Å². The van der Waals surface area contributed by atoms with Crippen LogP contribution in [0.4, 0.5) is 0 Å². The lowest BCUT2D eigenvalue weighted by atomic mass is 9.65. The monoisotopic (exact) mass is 279 g/mol. The van der Waals surface area contributed by atoms with Crippen LogP contribution in [0.3, 0.4) is 0 Å². The van der Waals surface area contributed by atoms with Gasteiger partial charge in [0.1, 0.15) is 0 Å². The van der Waals surface area contributed by atoms with Gasteiger partial charge in [-0.25, -0.2) is 0 Å². The highest BCUT2D eigenvalue weighted by Crippen LogP contribution is 2.47. The second kappa shape index (κ2) is 5.76. The van der Waals surface area contributed by atoms with Gasteiger partial charge in [-0.15, -0.1) is 0 Å². The first-order chi connectivity index (χ1) is 9.38. The Balaban J connectivity index is 2.36. The van der Waals surface area contributed by atoms with Crippen LogP contribution in [-0.4, -0.2) is 16.9 Å². The van der Waals surface area contributed by atoms with E-state index in [1.54, 1.807) is 13.3 Å². The molecule has 114 valence electrons. The zero-order valence-electron chi connectivity index (χ0n) is 13.5. The maximum Gasteiger partial charge on any atom is 0.161 e. The standard InChI is InChI=1S/C16H29N3O/c1-11(2)19-15(13(20-5)10-18-19)14(17)12-8-6-7-9-16(12,3)4/h10-12,14H,6-9,17H2,1-5H3. The van der Waals surface area contributed by atoms with Gasteiger partial charge in [0.2, 0.25) is 0 Å². The van der Waals surface area contributed by atoms with Gasteiger partial charge in [-0.1, -0.05) is 26.7 Å². The molecule has 0 aromatic carbocycles. The topological polar surface area (TPSA) is 53.1 Å². The molecular weight excluding hydrogens is 250 g/mol. The van der Waals surface area contributed by atoms with Gasteiger partial charge in [-0.3, -0.25) is 4.68 Å². The van der Waals surface area contributed by atoms with Crippen LogP contribution >= 0.6 is 0 Å². The summed E-state index contributed by atoms with van der Waals surface area (Å²) in [5, 5.41) is 4.46. The summed E-state index contributed by atoms with van der Waals surface area (Å²) in [7, 11) is 1.70. The zero-order valence-corrected chi connectivity index (χ0v) is 13.5. The SMILES string of the molecule is COc1cnn(C(C)C)c1C(N)C1CCCCC1(C)C. The Bertz CT molecular complexity index is 451. The average Bonchev–Trinajstić information content (AvgIpc) is 2.81. The molecule has 0 radical (unpaired) electrons. The average molecular weight is 279 g/mol. The van der Waals surface area contributed by atoms with Gasteiger partial charge >= 0.3 is 0 Å². The minimum Gasteiger partial charge on any atom is -0.493 e. The lowest BCUT2D eigenvalue weighted by Gasteiger charge is -2.42. The number of hydrogen-bond donors (Lipinski definition) is 1. The number of nitrogens with two attached hydrogens (primary N) is 1. The number of ether oxygens (including phenoxy) is 1. The van der Waals surface area contributed by atoms with Gasteiger partial charge in [0, 0.05) is 6.04 Å². The predicted octanol–water partition coefficient (Wildman–Crippen LogP) is 3.69. The molecular formula is C16H29N3O. The van der Waals surface area contributed by atoms with E-state index in [0.717, 1.165) is 11.4 Å². The van der Waals surface area contributed by atoms with Crippen LogP contribution in [0.2, 0.25) is 0 Å². The Morgan fingerprint density at radius 3 is 2.65 bits per heavy atom. The van der Waals surface area contributed by atoms with Crippen LogP contribution in [0.5, 0.6) is 5.75 Å². The maximum atomic E-state index is 6.66. The molecule has 1 heterocycles. The smallest absolute Gasteiger partial charge is 0.161 e. The normalized spacial score (nSPS) is 23.9. The van der Waals surface area contributed by atoms with E-state index in [9.17, 15) is 0 Å². The first-order valence-electron chi connectivity index (χ1n) is 7.75. The third-order valence-corrected chi connectivity index (χ3v) is 4.85. The van der Waals surface area contributed by atoms with Crippen LogP contribution in [0.1, 0.15) is 71.2 Å². The van der Waals surface area contributed by atoms with Crippen LogP contribution in [0, 0.1) is 11.3 Å². The largest absolute Gasteiger partial charge is 0.493 e. The number of nitrogens with zero attached hydrogens (tertiary/aromatic N) is 2. The predicted molar refractivity (Wildman–Crippen MR) is 81.8 cm³/mol. The van der Waals surface area contributed by atoms with E-state index in [4.69, 9.17) is 10.5 Å².